The van der Waals surface area contributed by atoms with E-state index in [2.05, 4.69) is 49.5 Å². The van der Waals surface area contributed by atoms with Crippen LogP contribution in [0.1, 0.15) is 57.9 Å². The fourth-order valence-corrected chi connectivity index (χ4v) is 4.75. The van der Waals surface area contributed by atoms with Gasteiger partial charge in [-0.2, -0.15) is 0 Å². The van der Waals surface area contributed by atoms with Crippen molar-refractivity contribution in [2.45, 2.75) is 83.6 Å². The summed E-state index contributed by atoms with van der Waals surface area (Å²) in [5, 5.41) is 6.75. The van der Waals surface area contributed by atoms with Crippen LogP contribution in [-0.4, -0.2) is 58.7 Å². The maximum Gasteiger partial charge on any atom is 0.245 e. The number of imidazole rings is 1. The minimum absolute atomic E-state index is 0.0824. The first kappa shape index (κ1) is 29.4. The van der Waals surface area contributed by atoms with Gasteiger partial charge in [-0.1, -0.05) is 70.0 Å². The Labute approximate surface area is 217 Å². The maximum atomic E-state index is 13.4. The summed E-state index contributed by atoms with van der Waals surface area (Å²) in [6.07, 6.45) is 12.3. The number of nitrogens with two attached hydrogens (primary N) is 1. The smallest absolute Gasteiger partial charge is 0.245 e. The highest BCUT2D eigenvalue weighted by atomic mass is 16.5. The SMILES string of the molecule is C=C1NC(COCc2ccccc2)C(C(=O)NC2CCCCC2)N1CCCn1ccnc1.CC.CN. The van der Waals surface area contributed by atoms with Crippen LogP contribution in [0.3, 0.4) is 0 Å². The Morgan fingerprint density at radius 2 is 1.89 bits per heavy atom. The van der Waals surface area contributed by atoms with Gasteiger partial charge in [0.05, 0.1) is 31.4 Å². The molecule has 8 nitrogen and oxygen atoms in total. The lowest BCUT2D eigenvalue weighted by atomic mass is 9.95. The Morgan fingerprint density at radius 3 is 2.56 bits per heavy atom. The highest BCUT2D eigenvalue weighted by Gasteiger charge is 2.41. The van der Waals surface area contributed by atoms with Crippen molar-refractivity contribution in [3.8, 4) is 0 Å². The number of carbonyl (C=O) groups is 1. The van der Waals surface area contributed by atoms with E-state index in [1.54, 1.807) is 6.20 Å². The van der Waals surface area contributed by atoms with E-state index in [-0.39, 0.29) is 24.0 Å². The molecule has 8 heteroatoms. The molecule has 1 saturated heterocycles. The van der Waals surface area contributed by atoms with Crippen LogP contribution in [0.4, 0.5) is 0 Å². The van der Waals surface area contributed by atoms with Crippen LogP contribution in [0.2, 0.25) is 0 Å². The van der Waals surface area contributed by atoms with Crippen LogP contribution in [0.15, 0.2) is 61.5 Å². The van der Waals surface area contributed by atoms with E-state index in [0.717, 1.165) is 43.7 Å². The fourth-order valence-electron chi connectivity index (χ4n) is 4.75. The van der Waals surface area contributed by atoms with E-state index < -0.39 is 0 Å². The zero-order valence-electron chi connectivity index (χ0n) is 22.4. The van der Waals surface area contributed by atoms with Gasteiger partial charge < -0.3 is 30.6 Å². The number of hydrogen-bond acceptors (Lipinski definition) is 6. The Morgan fingerprint density at radius 1 is 1.17 bits per heavy atom. The second kappa shape index (κ2) is 16.8. The lowest BCUT2D eigenvalue weighted by Gasteiger charge is -2.30. The molecule has 2 atom stereocenters. The quantitative estimate of drug-likeness (QED) is 0.463. The van der Waals surface area contributed by atoms with Crippen molar-refractivity contribution in [2.75, 3.05) is 20.2 Å². The first-order valence-electron chi connectivity index (χ1n) is 13.4. The predicted molar refractivity (Wildman–Crippen MR) is 146 cm³/mol. The molecule has 4 rings (SSSR count). The van der Waals surface area contributed by atoms with E-state index >= 15 is 0 Å². The summed E-state index contributed by atoms with van der Waals surface area (Å²) in [6, 6.07) is 9.97. The highest BCUT2D eigenvalue weighted by Crippen LogP contribution is 2.23. The molecule has 2 aromatic rings. The zero-order valence-corrected chi connectivity index (χ0v) is 22.4. The molecule has 0 spiro atoms. The maximum absolute atomic E-state index is 13.4. The summed E-state index contributed by atoms with van der Waals surface area (Å²) in [4.78, 5) is 19.6. The standard InChI is InChI=1S/C25H35N5O2.C2H6.CH5N/c1-20-27-23(18-32-17-21-9-4-2-5-10-21)24(25(31)28-22-11-6-3-7-12-22)30(20)15-8-14-29-16-13-26-19-29;2*1-2/h2,4-5,9-10,13,16,19,22-24,27H,1,3,6-8,11-12,14-15,17-18H2,(H,28,31);1-2H3;2H2,1H3. The topological polar surface area (TPSA) is 97.4 Å². The molecule has 1 aromatic carbocycles. The molecule has 1 aliphatic heterocycles. The van der Waals surface area contributed by atoms with Crippen LogP contribution >= 0.6 is 0 Å². The molecule has 1 amide bonds. The molecule has 2 heterocycles. The molecule has 2 unspecified atom stereocenters. The van der Waals surface area contributed by atoms with Gasteiger partial charge >= 0.3 is 0 Å². The second-order valence-electron chi connectivity index (χ2n) is 8.83. The lowest BCUT2D eigenvalue weighted by molar-refractivity contribution is -0.127. The van der Waals surface area contributed by atoms with Gasteiger partial charge in [0.1, 0.15) is 6.04 Å². The first-order valence-corrected chi connectivity index (χ1v) is 13.4. The number of amides is 1. The summed E-state index contributed by atoms with van der Waals surface area (Å²) in [5.41, 5.74) is 5.63. The van der Waals surface area contributed by atoms with E-state index in [0.29, 0.717) is 13.2 Å². The van der Waals surface area contributed by atoms with Crippen molar-refractivity contribution in [1.29, 1.82) is 0 Å². The molecule has 2 fully saturated rings. The molecule has 0 radical (unpaired) electrons. The van der Waals surface area contributed by atoms with Gasteiger partial charge in [0, 0.05) is 31.5 Å². The first-order chi connectivity index (χ1) is 17.7. The molecular formula is C28H46N6O2. The Hall–Kier alpha value is -2.84. The summed E-state index contributed by atoms with van der Waals surface area (Å²) >= 11 is 0. The normalized spacial score (nSPS) is 19.4. The van der Waals surface area contributed by atoms with Gasteiger partial charge in [-0.25, -0.2) is 4.98 Å². The lowest BCUT2D eigenvalue weighted by Crippen LogP contribution is -2.53. The van der Waals surface area contributed by atoms with E-state index in [4.69, 9.17) is 4.74 Å². The third-order valence-electron chi connectivity index (χ3n) is 6.42. The second-order valence-corrected chi connectivity index (χ2v) is 8.83. The average molecular weight is 499 g/mol. The molecule has 36 heavy (non-hydrogen) atoms. The van der Waals surface area contributed by atoms with Gasteiger partial charge in [-0.3, -0.25) is 4.79 Å². The number of benzene rings is 1. The summed E-state index contributed by atoms with van der Waals surface area (Å²) < 4.78 is 8.07. The van der Waals surface area contributed by atoms with Crippen molar-refractivity contribution in [2.24, 2.45) is 5.73 Å². The third-order valence-corrected chi connectivity index (χ3v) is 6.42. The Kier molecular flexibility index (Phi) is 13.7. The van der Waals surface area contributed by atoms with Crippen LogP contribution in [0, 0.1) is 0 Å². The van der Waals surface area contributed by atoms with Gasteiger partial charge in [-0.05, 0) is 31.9 Å². The molecule has 200 valence electrons. The van der Waals surface area contributed by atoms with Crippen molar-refractivity contribution in [3.63, 3.8) is 0 Å². The molecule has 2 aliphatic rings. The van der Waals surface area contributed by atoms with Gasteiger partial charge in [-0.15, -0.1) is 0 Å². The summed E-state index contributed by atoms with van der Waals surface area (Å²) in [7, 11) is 1.50. The molecule has 4 N–H and O–H groups in total. The van der Waals surface area contributed by atoms with Crippen LogP contribution in [0.5, 0.6) is 0 Å². The van der Waals surface area contributed by atoms with Crippen molar-refractivity contribution < 1.29 is 9.53 Å². The summed E-state index contributed by atoms with van der Waals surface area (Å²) in [6.45, 7) is 10.8. The average Bonchev–Trinajstić information content (AvgIpc) is 3.55. The number of carbonyl (C=O) groups excluding carboxylic acids is 1. The molecule has 0 bridgehead atoms. The number of hydrogen-bond donors (Lipinski definition) is 3. The fraction of sp³-hybridized carbons (Fsp3) is 0.571. The Bertz CT molecular complexity index is 852. The van der Waals surface area contributed by atoms with Crippen LogP contribution in [-0.2, 0) is 22.7 Å². The van der Waals surface area contributed by atoms with Crippen molar-refractivity contribution >= 4 is 5.91 Å². The van der Waals surface area contributed by atoms with E-state index in [1.807, 2.05) is 44.6 Å². The molecule has 1 aliphatic carbocycles. The van der Waals surface area contributed by atoms with Crippen LogP contribution in [0.25, 0.3) is 0 Å². The van der Waals surface area contributed by atoms with Crippen molar-refractivity contribution in [3.05, 3.63) is 67.0 Å². The monoisotopic (exact) mass is 498 g/mol. The molecule has 1 saturated carbocycles. The highest BCUT2D eigenvalue weighted by molar-refractivity contribution is 5.83. The number of rotatable bonds is 10. The summed E-state index contributed by atoms with van der Waals surface area (Å²) in [5.74, 6) is 0.881. The minimum Gasteiger partial charge on any atom is -0.375 e. The van der Waals surface area contributed by atoms with E-state index in [9.17, 15) is 4.79 Å². The van der Waals surface area contributed by atoms with E-state index in [1.165, 1.54) is 26.3 Å². The number of aryl methyl sites for hydroxylation is 1. The van der Waals surface area contributed by atoms with Gasteiger partial charge in [0.15, 0.2) is 0 Å². The number of nitrogens with zero attached hydrogens (tertiary/aromatic N) is 3. The number of aromatic nitrogens is 2. The predicted octanol–water partition coefficient (Wildman–Crippen LogP) is 3.65. The van der Waals surface area contributed by atoms with Crippen LogP contribution < -0.4 is 16.4 Å². The zero-order chi connectivity index (χ0) is 26.2. The van der Waals surface area contributed by atoms with Gasteiger partial charge in [0.2, 0.25) is 5.91 Å². The molecule has 1 aromatic heterocycles. The van der Waals surface area contributed by atoms with Gasteiger partial charge in [0.25, 0.3) is 0 Å². The number of ether oxygens (including phenoxy) is 1. The largest absolute Gasteiger partial charge is 0.375 e. The minimum atomic E-state index is -0.317. The van der Waals surface area contributed by atoms with Crippen molar-refractivity contribution in [1.82, 2.24) is 25.1 Å². The third kappa shape index (κ3) is 8.99. The molecular weight excluding hydrogens is 452 g/mol. The Balaban J connectivity index is 0.00000109. The number of nitrogens with one attached hydrogen (secondary N) is 2.